The molecule has 0 fully saturated rings. The second-order valence-corrected chi connectivity index (χ2v) is 14.7. The van der Waals surface area contributed by atoms with Gasteiger partial charge in [0.2, 0.25) is 0 Å². The number of hydrogen-bond donors (Lipinski definition) is 0. The SMILES string of the molecule is c1ccc(-c2cccc(N(c3ccc(-c4cccc5ccccc45)cc3)c3cccc4sc5ccc6c(oc7ccc8ccccc8c76)c5c34)c2)cc1. The van der Waals surface area contributed by atoms with Crippen molar-refractivity contribution in [3.05, 3.63) is 188 Å². The van der Waals surface area contributed by atoms with E-state index in [0.717, 1.165) is 39.0 Å². The molecule has 248 valence electrons. The van der Waals surface area contributed by atoms with Gasteiger partial charge < -0.3 is 9.32 Å². The Balaban J connectivity index is 1.17. The van der Waals surface area contributed by atoms with Crippen LogP contribution in [0.1, 0.15) is 0 Å². The highest BCUT2D eigenvalue weighted by Crippen LogP contribution is 2.49. The third kappa shape index (κ3) is 4.78. The highest BCUT2D eigenvalue weighted by molar-refractivity contribution is 7.26. The van der Waals surface area contributed by atoms with Crippen LogP contribution in [0.15, 0.2) is 192 Å². The molecular formula is C50H31NOS. The van der Waals surface area contributed by atoms with Crippen molar-refractivity contribution in [3.63, 3.8) is 0 Å². The monoisotopic (exact) mass is 693 g/mol. The first-order chi connectivity index (χ1) is 26.3. The first kappa shape index (κ1) is 30.0. The lowest BCUT2D eigenvalue weighted by Crippen LogP contribution is -2.10. The van der Waals surface area contributed by atoms with Gasteiger partial charge in [-0.3, -0.25) is 0 Å². The molecule has 0 radical (unpaired) electrons. The average Bonchev–Trinajstić information content (AvgIpc) is 3.81. The van der Waals surface area contributed by atoms with E-state index in [4.69, 9.17) is 4.42 Å². The fraction of sp³-hybridized carbons (Fsp3) is 0. The summed E-state index contributed by atoms with van der Waals surface area (Å²) in [6.45, 7) is 0. The van der Waals surface area contributed by atoms with Crippen LogP contribution in [0.3, 0.4) is 0 Å². The first-order valence-corrected chi connectivity index (χ1v) is 18.8. The number of nitrogens with zero attached hydrogens (tertiary/aromatic N) is 1. The van der Waals surface area contributed by atoms with Crippen molar-refractivity contribution in [2.24, 2.45) is 0 Å². The first-order valence-electron chi connectivity index (χ1n) is 18.0. The second-order valence-electron chi connectivity index (χ2n) is 13.7. The maximum absolute atomic E-state index is 6.85. The van der Waals surface area contributed by atoms with Gasteiger partial charge in [-0.1, -0.05) is 133 Å². The molecule has 11 aromatic rings. The van der Waals surface area contributed by atoms with E-state index in [-0.39, 0.29) is 0 Å². The lowest BCUT2D eigenvalue weighted by Gasteiger charge is -2.27. The fourth-order valence-electron chi connectivity index (χ4n) is 8.22. The molecule has 2 heterocycles. The Morgan fingerprint density at radius 3 is 1.96 bits per heavy atom. The molecule has 0 amide bonds. The molecule has 0 saturated heterocycles. The van der Waals surface area contributed by atoms with E-state index in [0.29, 0.717) is 0 Å². The van der Waals surface area contributed by atoms with E-state index in [1.165, 1.54) is 64.0 Å². The van der Waals surface area contributed by atoms with Gasteiger partial charge in [0.15, 0.2) is 0 Å². The lowest BCUT2D eigenvalue weighted by molar-refractivity contribution is 0.673. The molecule has 0 spiro atoms. The number of fused-ring (bicyclic) bond motifs is 10. The van der Waals surface area contributed by atoms with Gasteiger partial charge in [-0.25, -0.2) is 0 Å². The zero-order valence-electron chi connectivity index (χ0n) is 28.7. The van der Waals surface area contributed by atoms with E-state index in [2.05, 4.69) is 193 Å². The molecule has 53 heavy (non-hydrogen) atoms. The number of benzene rings is 9. The fourth-order valence-corrected chi connectivity index (χ4v) is 9.35. The third-order valence-corrected chi connectivity index (χ3v) is 11.8. The maximum Gasteiger partial charge on any atom is 0.144 e. The van der Waals surface area contributed by atoms with Gasteiger partial charge >= 0.3 is 0 Å². The molecule has 3 heteroatoms. The number of rotatable bonds is 5. The van der Waals surface area contributed by atoms with Crippen molar-refractivity contribution < 1.29 is 4.42 Å². The Morgan fingerprint density at radius 1 is 0.396 bits per heavy atom. The normalized spacial score (nSPS) is 11.8. The minimum absolute atomic E-state index is 0.916. The Morgan fingerprint density at radius 2 is 1.09 bits per heavy atom. The van der Waals surface area contributed by atoms with E-state index >= 15 is 0 Å². The Bertz CT molecular complexity index is 3170. The molecular weight excluding hydrogens is 663 g/mol. The maximum atomic E-state index is 6.85. The molecule has 0 atom stereocenters. The predicted octanol–water partition coefficient (Wildman–Crippen LogP) is 15.1. The van der Waals surface area contributed by atoms with Crippen molar-refractivity contribution in [3.8, 4) is 22.3 Å². The smallest absolute Gasteiger partial charge is 0.144 e. The molecule has 2 nitrogen and oxygen atoms in total. The van der Waals surface area contributed by atoms with E-state index in [1.54, 1.807) is 0 Å². The quantitative estimate of drug-likeness (QED) is 0.178. The largest absolute Gasteiger partial charge is 0.455 e. The van der Waals surface area contributed by atoms with Gasteiger partial charge in [-0.05, 0) is 98.4 Å². The number of furan rings is 1. The summed E-state index contributed by atoms with van der Waals surface area (Å²) in [6, 6.07) is 67.9. The van der Waals surface area contributed by atoms with Gasteiger partial charge in [0, 0.05) is 42.3 Å². The van der Waals surface area contributed by atoms with Crippen LogP contribution in [-0.2, 0) is 0 Å². The minimum atomic E-state index is 0.916. The summed E-state index contributed by atoms with van der Waals surface area (Å²) in [5.41, 5.74) is 9.96. The van der Waals surface area contributed by atoms with Crippen LogP contribution in [0, 0.1) is 0 Å². The predicted molar refractivity (Wildman–Crippen MR) is 227 cm³/mol. The molecule has 0 bridgehead atoms. The molecule has 0 N–H and O–H groups in total. The zero-order valence-corrected chi connectivity index (χ0v) is 29.5. The molecule has 2 aromatic heterocycles. The van der Waals surface area contributed by atoms with Gasteiger partial charge in [-0.2, -0.15) is 0 Å². The zero-order chi connectivity index (χ0) is 34.9. The van der Waals surface area contributed by atoms with Crippen LogP contribution in [0.2, 0.25) is 0 Å². The highest BCUT2D eigenvalue weighted by Gasteiger charge is 2.22. The van der Waals surface area contributed by atoms with Crippen molar-refractivity contribution >= 4 is 92.1 Å². The van der Waals surface area contributed by atoms with Crippen LogP contribution >= 0.6 is 11.3 Å². The lowest BCUT2D eigenvalue weighted by atomic mass is 9.98. The molecule has 0 aliphatic heterocycles. The summed E-state index contributed by atoms with van der Waals surface area (Å²) in [6.07, 6.45) is 0. The summed E-state index contributed by atoms with van der Waals surface area (Å²) in [5.74, 6) is 0. The van der Waals surface area contributed by atoms with Crippen molar-refractivity contribution in [1.82, 2.24) is 0 Å². The van der Waals surface area contributed by atoms with Crippen LogP contribution in [0.4, 0.5) is 17.1 Å². The molecule has 0 saturated carbocycles. The van der Waals surface area contributed by atoms with Gasteiger partial charge in [0.1, 0.15) is 11.2 Å². The van der Waals surface area contributed by atoms with Crippen LogP contribution in [-0.4, -0.2) is 0 Å². The molecule has 11 rings (SSSR count). The summed E-state index contributed by atoms with van der Waals surface area (Å²) in [4.78, 5) is 2.42. The van der Waals surface area contributed by atoms with Crippen LogP contribution in [0.25, 0.3) is 85.9 Å². The standard InChI is InChI=1S/C50H31NOS/c1-2-11-32(12-3-1)36-16-8-17-38(31-36)51(37-26-23-35(24-27-37)40-20-9-15-33-13-4-6-18-39(33)40)43-21-10-22-45-48(43)49-46(53-45)30-28-42-47-41-19-7-5-14-34(41)25-29-44(47)52-50(42)49/h1-31H. The van der Waals surface area contributed by atoms with E-state index in [1.807, 2.05) is 11.3 Å². The second kappa shape index (κ2) is 11.9. The minimum Gasteiger partial charge on any atom is -0.455 e. The number of anilines is 3. The van der Waals surface area contributed by atoms with Crippen LogP contribution < -0.4 is 4.90 Å². The summed E-state index contributed by atoms with van der Waals surface area (Å²) in [5, 5.41) is 9.62. The molecule has 0 aliphatic carbocycles. The highest BCUT2D eigenvalue weighted by atomic mass is 32.1. The summed E-state index contributed by atoms with van der Waals surface area (Å²) < 4.78 is 9.30. The molecule has 0 aliphatic rings. The van der Waals surface area contributed by atoms with E-state index < -0.39 is 0 Å². The van der Waals surface area contributed by atoms with Gasteiger partial charge in [-0.15, -0.1) is 11.3 Å². The van der Waals surface area contributed by atoms with Crippen molar-refractivity contribution in [2.45, 2.75) is 0 Å². The molecule has 9 aromatic carbocycles. The topological polar surface area (TPSA) is 16.4 Å². The third-order valence-electron chi connectivity index (χ3n) is 10.6. The van der Waals surface area contributed by atoms with Crippen molar-refractivity contribution in [1.29, 1.82) is 0 Å². The van der Waals surface area contributed by atoms with Crippen LogP contribution in [0.5, 0.6) is 0 Å². The average molecular weight is 694 g/mol. The Hall–Kier alpha value is -6.68. The molecule has 0 unspecified atom stereocenters. The summed E-state index contributed by atoms with van der Waals surface area (Å²) >= 11 is 1.83. The van der Waals surface area contributed by atoms with Crippen molar-refractivity contribution in [2.75, 3.05) is 4.90 Å². The Kier molecular flexibility index (Phi) is 6.76. The summed E-state index contributed by atoms with van der Waals surface area (Å²) in [7, 11) is 0. The van der Waals surface area contributed by atoms with E-state index in [9.17, 15) is 0 Å². The van der Waals surface area contributed by atoms with Gasteiger partial charge in [0.05, 0.1) is 5.69 Å². The number of thiophene rings is 1. The number of hydrogen-bond acceptors (Lipinski definition) is 3. The van der Waals surface area contributed by atoms with Gasteiger partial charge in [0.25, 0.3) is 0 Å². The Labute approximate surface area is 310 Å².